The van der Waals surface area contributed by atoms with Crippen molar-refractivity contribution in [3.05, 3.63) is 23.7 Å². The van der Waals surface area contributed by atoms with E-state index in [2.05, 4.69) is 15.3 Å². The van der Waals surface area contributed by atoms with Gasteiger partial charge in [-0.15, -0.1) is 0 Å². The Balaban J connectivity index is 2.26. The Morgan fingerprint density at radius 3 is 3.06 bits per heavy atom. The molecule has 0 saturated heterocycles. The second-order valence-electron chi connectivity index (χ2n) is 3.37. The van der Waals surface area contributed by atoms with Gasteiger partial charge < -0.3 is 11.1 Å². The lowest BCUT2D eigenvalue weighted by atomic mass is 10.1. The third-order valence-electron chi connectivity index (χ3n) is 2.13. The van der Waals surface area contributed by atoms with Crippen LogP contribution in [0.4, 0.5) is 5.82 Å². The molecule has 0 saturated carbocycles. The van der Waals surface area contributed by atoms with Gasteiger partial charge in [-0.25, -0.2) is 9.97 Å². The van der Waals surface area contributed by atoms with Crippen molar-refractivity contribution >= 4 is 23.7 Å². The van der Waals surface area contributed by atoms with Crippen LogP contribution in [-0.2, 0) is 16.0 Å². The number of carbonyl (C=O) groups excluding carboxylic acids is 2. The Kier molecular flexibility index (Phi) is 2.63. The number of rotatable bonds is 2. The number of nitrogens with two attached hydrogens (primary N) is 1. The summed E-state index contributed by atoms with van der Waals surface area (Å²) in [6.07, 6.45) is 5.16. The van der Waals surface area contributed by atoms with Crippen molar-refractivity contribution in [1.82, 2.24) is 9.97 Å². The first-order valence-corrected chi connectivity index (χ1v) is 4.78. The predicted octanol–water partition coefficient (Wildman–Crippen LogP) is -0.140. The molecule has 1 aliphatic heterocycles. The van der Waals surface area contributed by atoms with E-state index in [9.17, 15) is 9.59 Å². The second-order valence-corrected chi connectivity index (χ2v) is 3.37. The summed E-state index contributed by atoms with van der Waals surface area (Å²) in [6.45, 7) is 0. The minimum atomic E-state index is -0.534. The highest BCUT2D eigenvalue weighted by molar-refractivity contribution is 5.92. The summed E-state index contributed by atoms with van der Waals surface area (Å²) >= 11 is 0. The number of nitrogens with one attached hydrogen (secondary N) is 1. The zero-order valence-corrected chi connectivity index (χ0v) is 8.43. The van der Waals surface area contributed by atoms with Gasteiger partial charge >= 0.3 is 0 Å². The molecule has 1 aromatic rings. The van der Waals surface area contributed by atoms with Gasteiger partial charge in [0.2, 0.25) is 11.8 Å². The van der Waals surface area contributed by atoms with Crippen LogP contribution in [0.15, 0.2) is 12.3 Å². The summed E-state index contributed by atoms with van der Waals surface area (Å²) in [7, 11) is 0. The van der Waals surface area contributed by atoms with Crippen LogP contribution in [0, 0.1) is 0 Å². The Morgan fingerprint density at radius 2 is 2.31 bits per heavy atom. The Hall–Kier alpha value is -2.24. The van der Waals surface area contributed by atoms with Gasteiger partial charge in [0.1, 0.15) is 0 Å². The maximum atomic E-state index is 11.1. The van der Waals surface area contributed by atoms with E-state index in [1.54, 1.807) is 0 Å². The number of hydrogen-bond acceptors (Lipinski definition) is 4. The molecule has 6 heteroatoms. The first-order valence-electron chi connectivity index (χ1n) is 4.78. The smallest absolute Gasteiger partial charge is 0.241 e. The van der Waals surface area contributed by atoms with E-state index in [-0.39, 0.29) is 5.91 Å². The lowest BCUT2D eigenvalue weighted by Gasteiger charge is -2.14. The minimum absolute atomic E-state index is 0.0535. The monoisotopic (exact) mass is 218 g/mol. The van der Waals surface area contributed by atoms with E-state index in [1.165, 1.54) is 18.3 Å². The number of carbonyl (C=O) groups is 2. The van der Waals surface area contributed by atoms with Crippen LogP contribution in [0.1, 0.15) is 17.8 Å². The zero-order valence-electron chi connectivity index (χ0n) is 8.43. The summed E-state index contributed by atoms with van der Waals surface area (Å²) < 4.78 is 0. The SMILES string of the molecule is NC(=O)C=Cc1cnc2c(n1)CCC(=O)N2. The molecule has 2 rings (SSSR count). The van der Waals surface area contributed by atoms with Crippen LogP contribution in [0.25, 0.3) is 6.08 Å². The molecule has 0 unspecified atom stereocenters. The fourth-order valence-electron chi connectivity index (χ4n) is 1.40. The van der Waals surface area contributed by atoms with Gasteiger partial charge in [0.15, 0.2) is 5.82 Å². The number of nitrogens with zero attached hydrogens (tertiary/aromatic N) is 2. The fourth-order valence-corrected chi connectivity index (χ4v) is 1.40. The number of aryl methyl sites for hydroxylation is 1. The first kappa shape index (κ1) is 10.3. The topological polar surface area (TPSA) is 98.0 Å². The molecule has 6 nitrogen and oxygen atoms in total. The third kappa shape index (κ3) is 2.22. The number of fused-ring (bicyclic) bond motifs is 1. The van der Waals surface area contributed by atoms with Crippen molar-refractivity contribution in [1.29, 1.82) is 0 Å². The summed E-state index contributed by atoms with van der Waals surface area (Å²) in [6, 6.07) is 0. The lowest BCUT2D eigenvalue weighted by Crippen LogP contribution is -2.21. The maximum absolute atomic E-state index is 11.1. The molecule has 0 fully saturated rings. The highest BCUT2D eigenvalue weighted by Gasteiger charge is 2.16. The van der Waals surface area contributed by atoms with E-state index >= 15 is 0 Å². The normalized spacial score (nSPS) is 14.6. The van der Waals surface area contributed by atoms with E-state index in [0.717, 1.165) is 5.69 Å². The molecular weight excluding hydrogens is 208 g/mol. The molecular formula is C10H10N4O2. The van der Waals surface area contributed by atoms with Gasteiger partial charge in [-0.2, -0.15) is 0 Å². The van der Waals surface area contributed by atoms with Crippen LogP contribution < -0.4 is 11.1 Å². The molecule has 2 heterocycles. The lowest BCUT2D eigenvalue weighted by molar-refractivity contribution is -0.116. The molecule has 0 spiro atoms. The minimum Gasteiger partial charge on any atom is -0.366 e. The van der Waals surface area contributed by atoms with Crippen molar-refractivity contribution in [2.75, 3.05) is 5.32 Å². The zero-order chi connectivity index (χ0) is 11.5. The summed E-state index contributed by atoms with van der Waals surface area (Å²) in [5, 5.41) is 2.62. The van der Waals surface area contributed by atoms with Crippen molar-refractivity contribution in [2.45, 2.75) is 12.8 Å². The second kappa shape index (κ2) is 4.09. The molecule has 82 valence electrons. The molecule has 1 aromatic heterocycles. The van der Waals surface area contributed by atoms with Crippen LogP contribution in [0.2, 0.25) is 0 Å². The highest BCUT2D eigenvalue weighted by Crippen LogP contribution is 2.17. The van der Waals surface area contributed by atoms with E-state index < -0.39 is 5.91 Å². The number of hydrogen-bond donors (Lipinski definition) is 2. The Labute approximate surface area is 91.6 Å². The van der Waals surface area contributed by atoms with Gasteiger partial charge in [0.05, 0.1) is 17.6 Å². The van der Waals surface area contributed by atoms with E-state index in [1.807, 2.05) is 0 Å². The number of anilines is 1. The van der Waals surface area contributed by atoms with E-state index in [0.29, 0.717) is 24.4 Å². The van der Waals surface area contributed by atoms with Crippen molar-refractivity contribution < 1.29 is 9.59 Å². The van der Waals surface area contributed by atoms with Crippen molar-refractivity contribution in [3.8, 4) is 0 Å². The highest BCUT2D eigenvalue weighted by atomic mass is 16.2. The fraction of sp³-hybridized carbons (Fsp3) is 0.200. The predicted molar refractivity (Wildman–Crippen MR) is 57.2 cm³/mol. The first-order chi connectivity index (χ1) is 7.65. The largest absolute Gasteiger partial charge is 0.366 e. The van der Waals surface area contributed by atoms with E-state index in [4.69, 9.17) is 5.73 Å². The number of primary amides is 1. The van der Waals surface area contributed by atoms with Crippen LogP contribution >= 0.6 is 0 Å². The quantitative estimate of drug-likeness (QED) is 0.675. The standard InChI is InChI=1S/C10H10N4O2/c11-8(15)3-1-6-5-12-10-7(13-6)2-4-9(16)14-10/h1,3,5H,2,4H2,(H2,11,15)(H,12,14,16). The van der Waals surface area contributed by atoms with Crippen molar-refractivity contribution in [2.24, 2.45) is 5.73 Å². The maximum Gasteiger partial charge on any atom is 0.241 e. The van der Waals surface area contributed by atoms with Gasteiger partial charge in [0, 0.05) is 18.9 Å². The van der Waals surface area contributed by atoms with Crippen molar-refractivity contribution in [3.63, 3.8) is 0 Å². The van der Waals surface area contributed by atoms with Crippen LogP contribution in [-0.4, -0.2) is 21.8 Å². The number of aromatic nitrogens is 2. The summed E-state index contributed by atoms with van der Waals surface area (Å²) in [5.74, 6) is -0.0949. The van der Waals surface area contributed by atoms with Gasteiger partial charge in [0.25, 0.3) is 0 Å². The third-order valence-corrected chi connectivity index (χ3v) is 2.13. The van der Waals surface area contributed by atoms with Crippen LogP contribution in [0.5, 0.6) is 0 Å². The van der Waals surface area contributed by atoms with Gasteiger partial charge in [-0.1, -0.05) is 0 Å². The summed E-state index contributed by atoms with van der Waals surface area (Å²) in [4.78, 5) is 29.9. The molecule has 16 heavy (non-hydrogen) atoms. The molecule has 0 atom stereocenters. The average Bonchev–Trinajstić information content (AvgIpc) is 2.26. The van der Waals surface area contributed by atoms with Gasteiger partial charge in [-0.05, 0) is 6.08 Å². The Morgan fingerprint density at radius 1 is 1.50 bits per heavy atom. The molecule has 0 bridgehead atoms. The molecule has 0 aliphatic carbocycles. The molecule has 1 aliphatic rings. The Bertz CT molecular complexity index is 482. The molecule has 3 N–H and O–H groups in total. The van der Waals surface area contributed by atoms with Gasteiger partial charge in [-0.3, -0.25) is 9.59 Å². The molecule has 0 aromatic carbocycles. The molecule has 2 amide bonds. The average molecular weight is 218 g/mol. The summed E-state index contributed by atoms with van der Waals surface area (Å²) in [5.41, 5.74) is 6.24. The number of amides is 2. The van der Waals surface area contributed by atoms with Crippen LogP contribution in [0.3, 0.4) is 0 Å². The molecule has 0 radical (unpaired) electrons.